The summed E-state index contributed by atoms with van der Waals surface area (Å²) in [5.74, 6) is -0.240. The number of thiophene rings is 2. The Hall–Kier alpha value is -2.04. The van der Waals surface area contributed by atoms with Crippen LogP contribution in [0.15, 0.2) is 17.5 Å². The van der Waals surface area contributed by atoms with Crippen molar-refractivity contribution in [1.29, 1.82) is 5.26 Å². The highest BCUT2D eigenvalue weighted by molar-refractivity contribution is 7.19. The van der Waals surface area contributed by atoms with E-state index in [1.54, 1.807) is 11.3 Å². The van der Waals surface area contributed by atoms with E-state index in [0.29, 0.717) is 28.5 Å². The molecule has 2 heterocycles. The van der Waals surface area contributed by atoms with E-state index in [2.05, 4.69) is 16.7 Å². The van der Waals surface area contributed by atoms with Gasteiger partial charge in [-0.2, -0.15) is 5.26 Å². The van der Waals surface area contributed by atoms with E-state index in [0.717, 1.165) is 4.88 Å². The van der Waals surface area contributed by atoms with Crippen LogP contribution in [0, 0.1) is 11.3 Å². The Labute approximate surface area is 125 Å². The Morgan fingerprint density at radius 1 is 1.55 bits per heavy atom. The van der Waals surface area contributed by atoms with Crippen LogP contribution in [-0.4, -0.2) is 12.5 Å². The van der Waals surface area contributed by atoms with Crippen LogP contribution >= 0.6 is 22.7 Å². The first-order chi connectivity index (χ1) is 9.67. The number of anilines is 2. The number of nitrogens with one attached hydrogen (secondary N) is 2. The molecule has 0 aliphatic heterocycles. The summed E-state index contributed by atoms with van der Waals surface area (Å²) in [6.07, 6.45) is 0. The first-order valence-electron chi connectivity index (χ1n) is 6.04. The molecule has 0 saturated carbocycles. The van der Waals surface area contributed by atoms with Crippen LogP contribution in [0.3, 0.4) is 0 Å². The normalized spacial score (nSPS) is 10.0. The number of carbonyl (C=O) groups excluding carboxylic acids is 1. The van der Waals surface area contributed by atoms with Gasteiger partial charge in [0, 0.05) is 11.4 Å². The summed E-state index contributed by atoms with van der Waals surface area (Å²) < 4.78 is 0. The minimum atomic E-state index is -0.240. The van der Waals surface area contributed by atoms with Gasteiger partial charge in [0.15, 0.2) is 0 Å². The van der Waals surface area contributed by atoms with Crippen molar-refractivity contribution < 1.29 is 4.79 Å². The Bertz CT molecular complexity index is 640. The lowest BCUT2D eigenvalue weighted by Gasteiger charge is -2.01. The fourth-order valence-corrected chi connectivity index (χ4v) is 3.30. The summed E-state index contributed by atoms with van der Waals surface area (Å²) >= 11 is 2.84. The summed E-state index contributed by atoms with van der Waals surface area (Å²) in [5.41, 5.74) is 6.47. The monoisotopic (exact) mass is 306 g/mol. The summed E-state index contributed by atoms with van der Waals surface area (Å²) in [6, 6.07) is 6.03. The number of nitrogens with two attached hydrogens (primary N) is 1. The molecule has 2 aromatic heterocycles. The molecule has 0 aliphatic rings. The van der Waals surface area contributed by atoms with Crippen molar-refractivity contribution in [3.05, 3.63) is 32.8 Å². The molecule has 0 saturated heterocycles. The fraction of sp³-hybridized carbons (Fsp3) is 0.231. The lowest BCUT2D eigenvalue weighted by Crippen LogP contribution is -2.22. The number of rotatable bonds is 5. The Balaban J connectivity index is 2.22. The Morgan fingerprint density at radius 2 is 2.35 bits per heavy atom. The van der Waals surface area contributed by atoms with Gasteiger partial charge in [-0.05, 0) is 18.4 Å². The van der Waals surface area contributed by atoms with Crippen LogP contribution in [0.4, 0.5) is 10.7 Å². The maximum absolute atomic E-state index is 11.9. The molecule has 0 unspecified atom stereocenters. The third-order valence-corrected chi connectivity index (χ3v) is 4.64. The molecule has 0 bridgehead atoms. The number of nitrogen functional groups attached to an aromatic ring is 1. The van der Waals surface area contributed by atoms with Crippen molar-refractivity contribution in [3.8, 4) is 6.07 Å². The molecule has 20 heavy (non-hydrogen) atoms. The number of hydrogen-bond donors (Lipinski definition) is 3. The Morgan fingerprint density at radius 3 is 2.95 bits per heavy atom. The van der Waals surface area contributed by atoms with Crippen LogP contribution in [-0.2, 0) is 6.54 Å². The van der Waals surface area contributed by atoms with Gasteiger partial charge in [-0.1, -0.05) is 6.07 Å². The predicted octanol–water partition coefficient (Wildman–Crippen LogP) is 2.63. The molecular weight excluding hydrogens is 292 g/mol. The van der Waals surface area contributed by atoms with Crippen LogP contribution in [0.25, 0.3) is 0 Å². The number of carbonyl (C=O) groups is 1. The molecule has 0 radical (unpaired) electrons. The van der Waals surface area contributed by atoms with Crippen LogP contribution in [0.2, 0.25) is 0 Å². The lowest BCUT2D eigenvalue weighted by molar-refractivity contribution is 0.0960. The number of nitrogens with zero attached hydrogens (tertiary/aromatic N) is 1. The minimum Gasteiger partial charge on any atom is -0.396 e. The fourth-order valence-electron chi connectivity index (χ4n) is 1.67. The summed E-state index contributed by atoms with van der Waals surface area (Å²) in [7, 11) is 0. The van der Waals surface area contributed by atoms with Crippen molar-refractivity contribution >= 4 is 39.3 Å². The molecule has 0 atom stereocenters. The molecule has 1 amide bonds. The van der Waals surface area contributed by atoms with E-state index in [9.17, 15) is 10.1 Å². The molecule has 7 heteroatoms. The van der Waals surface area contributed by atoms with E-state index in [4.69, 9.17) is 5.73 Å². The first-order valence-corrected chi connectivity index (χ1v) is 7.73. The van der Waals surface area contributed by atoms with Crippen molar-refractivity contribution in [2.24, 2.45) is 0 Å². The standard InChI is InChI=1S/C13H14N4OS2/c1-2-16-12(18)11-10(15)9(6-14)13(20-11)17-7-8-4-3-5-19-8/h3-5,17H,2,7,15H2,1H3,(H,16,18). The molecular formula is C13H14N4OS2. The maximum atomic E-state index is 11.9. The number of nitriles is 1. The second-order valence-electron chi connectivity index (χ2n) is 3.95. The zero-order valence-electron chi connectivity index (χ0n) is 10.9. The van der Waals surface area contributed by atoms with E-state index in [1.807, 2.05) is 24.4 Å². The van der Waals surface area contributed by atoms with Gasteiger partial charge in [-0.3, -0.25) is 4.79 Å². The summed E-state index contributed by atoms with van der Waals surface area (Å²) in [5, 5.41) is 17.7. The smallest absolute Gasteiger partial charge is 0.263 e. The zero-order chi connectivity index (χ0) is 14.5. The molecule has 5 nitrogen and oxygen atoms in total. The van der Waals surface area contributed by atoms with Crippen molar-refractivity contribution in [1.82, 2.24) is 5.32 Å². The van der Waals surface area contributed by atoms with Crippen LogP contribution in [0.1, 0.15) is 27.0 Å². The van der Waals surface area contributed by atoms with Gasteiger partial charge in [0.25, 0.3) is 5.91 Å². The summed E-state index contributed by atoms with van der Waals surface area (Å²) in [6.45, 7) is 2.97. The average Bonchev–Trinajstić information content (AvgIpc) is 3.04. The second kappa shape index (κ2) is 6.41. The molecule has 2 rings (SSSR count). The van der Waals surface area contributed by atoms with Gasteiger partial charge in [0.1, 0.15) is 21.5 Å². The topological polar surface area (TPSA) is 90.9 Å². The van der Waals surface area contributed by atoms with Gasteiger partial charge in [0.2, 0.25) is 0 Å². The third-order valence-electron chi connectivity index (χ3n) is 2.60. The Kier molecular flexibility index (Phi) is 4.61. The van der Waals surface area contributed by atoms with Gasteiger partial charge < -0.3 is 16.4 Å². The largest absolute Gasteiger partial charge is 0.396 e. The van der Waals surface area contributed by atoms with Crippen LogP contribution in [0.5, 0.6) is 0 Å². The van der Waals surface area contributed by atoms with Crippen molar-refractivity contribution in [3.63, 3.8) is 0 Å². The number of amides is 1. The third kappa shape index (κ3) is 2.92. The van der Waals surface area contributed by atoms with Gasteiger partial charge in [-0.25, -0.2) is 0 Å². The van der Waals surface area contributed by atoms with Crippen LogP contribution < -0.4 is 16.4 Å². The van der Waals surface area contributed by atoms with E-state index >= 15 is 0 Å². The van der Waals surface area contributed by atoms with E-state index in [1.165, 1.54) is 11.3 Å². The second-order valence-corrected chi connectivity index (χ2v) is 6.01. The van der Waals surface area contributed by atoms with Crippen molar-refractivity contribution in [2.45, 2.75) is 13.5 Å². The highest BCUT2D eigenvalue weighted by atomic mass is 32.1. The minimum absolute atomic E-state index is 0.240. The van der Waals surface area contributed by atoms with E-state index < -0.39 is 0 Å². The molecule has 0 aliphatic carbocycles. The molecule has 104 valence electrons. The SMILES string of the molecule is CCNC(=O)c1sc(NCc2cccs2)c(C#N)c1N. The maximum Gasteiger partial charge on any atom is 0.263 e. The highest BCUT2D eigenvalue weighted by Crippen LogP contribution is 2.35. The van der Waals surface area contributed by atoms with Crippen molar-refractivity contribution in [2.75, 3.05) is 17.6 Å². The molecule has 2 aromatic rings. The molecule has 4 N–H and O–H groups in total. The van der Waals surface area contributed by atoms with Gasteiger partial charge in [-0.15, -0.1) is 22.7 Å². The van der Waals surface area contributed by atoms with Gasteiger partial charge >= 0.3 is 0 Å². The lowest BCUT2D eigenvalue weighted by atomic mass is 10.2. The zero-order valence-corrected chi connectivity index (χ0v) is 12.5. The quantitative estimate of drug-likeness (QED) is 0.792. The van der Waals surface area contributed by atoms with E-state index in [-0.39, 0.29) is 11.6 Å². The summed E-state index contributed by atoms with van der Waals surface area (Å²) in [4.78, 5) is 13.4. The molecule has 0 fully saturated rings. The molecule has 0 spiro atoms. The predicted molar refractivity (Wildman–Crippen MR) is 83.1 cm³/mol. The first kappa shape index (κ1) is 14.4. The van der Waals surface area contributed by atoms with Gasteiger partial charge in [0.05, 0.1) is 12.2 Å². The number of hydrogen-bond acceptors (Lipinski definition) is 6. The highest BCUT2D eigenvalue weighted by Gasteiger charge is 2.20. The average molecular weight is 306 g/mol. The molecule has 0 aromatic carbocycles.